The Kier molecular flexibility index (Phi) is 4.90. The van der Waals surface area contributed by atoms with Gasteiger partial charge in [0.15, 0.2) is 5.69 Å². The highest BCUT2D eigenvalue weighted by Gasteiger charge is 2.15. The van der Waals surface area contributed by atoms with Crippen LogP contribution >= 0.6 is 11.8 Å². The van der Waals surface area contributed by atoms with E-state index in [4.69, 9.17) is 4.74 Å². The maximum Gasteiger partial charge on any atom is 0.359 e. The van der Waals surface area contributed by atoms with Gasteiger partial charge in [-0.15, -0.1) is 11.8 Å². The molecule has 0 aliphatic carbocycles. The molecule has 5 nitrogen and oxygen atoms in total. The van der Waals surface area contributed by atoms with Crippen molar-refractivity contribution in [3.05, 3.63) is 70.4 Å². The number of nitrogens with zero attached hydrogens (tertiary/aromatic N) is 1. The predicted octanol–water partition coefficient (Wildman–Crippen LogP) is 3.01. The van der Waals surface area contributed by atoms with Crippen molar-refractivity contribution >= 4 is 28.5 Å². The molecule has 24 heavy (non-hydrogen) atoms. The number of benzene rings is 2. The molecule has 3 aromatic rings. The first kappa shape index (κ1) is 16.2. The van der Waals surface area contributed by atoms with Crippen LogP contribution in [0.4, 0.5) is 4.39 Å². The Hall–Kier alpha value is -2.67. The highest BCUT2D eigenvalue weighted by molar-refractivity contribution is 7.99. The lowest BCUT2D eigenvalue weighted by atomic mass is 10.1. The average molecular weight is 344 g/mol. The van der Waals surface area contributed by atoms with Gasteiger partial charge in [0.1, 0.15) is 12.4 Å². The Morgan fingerprint density at radius 2 is 1.83 bits per heavy atom. The number of fused-ring (bicyclic) bond motifs is 1. The maximum atomic E-state index is 12.8. The van der Waals surface area contributed by atoms with Crippen molar-refractivity contribution in [1.82, 2.24) is 10.2 Å². The van der Waals surface area contributed by atoms with Crippen molar-refractivity contribution in [2.45, 2.75) is 4.90 Å². The van der Waals surface area contributed by atoms with Gasteiger partial charge in [0.05, 0.1) is 5.39 Å². The highest BCUT2D eigenvalue weighted by Crippen LogP contribution is 2.18. The van der Waals surface area contributed by atoms with E-state index in [-0.39, 0.29) is 23.7 Å². The van der Waals surface area contributed by atoms with Gasteiger partial charge in [-0.05, 0) is 30.3 Å². The molecule has 0 atom stereocenters. The molecular formula is C17H13FN2O3S. The van der Waals surface area contributed by atoms with Gasteiger partial charge in [-0.3, -0.25) is 4.79 Å². The molecule has 1 N–H and O–H groups in total. The first-order valence-corrected chi connectivity index (χ1v) is 8.16. The van der Waals surface area contributed by atoms with Crippen LogP contribution in [0.25, 0.3) is 10.8 Å². The second kappa shape index (κ2) is 7.27. The second-order valence-electron chi connectivity index (χ2n) is 4.89. The molecule has 1 aromatic heterocycles. The summed E-state index contributed by atoms with van der Waals surface area (Å²) in [5.74, 6) is -0.359. The van der Waals surface area contributed by atoms with Crippen LogP contribution < -0.4 is 5.56 Å². The van der Waals surface area contributed by atoms with Crippen LogP contribution in [-0.2, 0) is 4.74 Å². The van der Waals surface area contributed by atoms with Crippen molar-refractivity contribution in [3.8, 4) is 0 Å². The minimum Gasteiger partial charge on any atom is -0.460 e. The summed E-state index contributed by atoms with van der Waals surface area (Å²) in [5, 5.41) is 6.94. The summed E-state index contributed by atoms with van der Waals surface area (Å²) in [6.07, 6.45) is 0. The number of aromatic nitrogens is 2. The van der Waals surface area contributed by atoms with E-state index >= 15 is 0 Å². The van der Waals surface area contributed by atoms with E-state index < -0.39 is 5.97 Å². The molecule has 0 aliphatic rings. The molecule has 0 radical (unpaired) electrons. The van der Waals surface area contributed by atoms with Gasteiger partial charge in [-0.1, -0.05) is 18.2 Å². The molecule has 122 valence electrons. The van der Waals surface area contributed by atoms with E-state index in [0.717, 1.165) is 4.90 Å². The number of rotatable bonds is 5. The topological polar surface area (TPSA) is 72.0 Å². The lowest BCUT2D eigenvalue weighted by Crippen LogP contribution is -2.16. The Labute approximate surface area is 140 Å². The third-order valence-electron chi connectivity index (χ3n) is 3.29. The molecule has 1 heterocycles. The number of carbonyl (C=O) groups excluding carboxylic acids is 1. The van der Waals surface area contributed by atoms with E-state index in [9.17, 15) is 14.0 Å². The second-order valence-corrected chi connectivity index (χ2v) is 6.05. The summed E-state index contributed by atoms with van der Waals surface area (Å²) >= 11 is 1.45. The van der Waals surface area contributed by atoms with Crippen LogP contribution in [-0.4, -0.2) is 28.5 Å². The number of hydrogen-bond acceptors (Lipinski definition) is 5. The molecule has 2 aromatic carbocycles. The van der Waals surface area contributed by atoms with Crippen LogP contribution in [0.5, 0.6) is 0 Å². The Morgan fingerprint density at radius 3 is 2.58 bits per heavy atom. The Morgan fingerprint density at radius 1 is 1.12 bits per heavy atom. The first-order valence-electron chi connectivity index (χ1n) is 7.18. The molecular weight excluding hydrogens is 331 g/mol. The molecule has 0 saturated carbocycles. The maximum absolute atomic E-state index is 12.8. The number of nitrogens with one attached hydrogen (secondary N) is 1. The van der Waals surface area contributed by atoms with Crippen molar-refractivity contribution < 1.29 is 13.9 Å². The van der Waals surface area contributed by atoms with Crippen LogP contribution in [0.1, 0.15) is 10.5 Å². The van der Waals surface area contributed by atoms with Gasteiger partial charge in [-0.25, -0.2) is 14.3 Å². The number of carbonyl (C=O) groups is 1. The third kappa shape index (κ3) is 3.62. The number of halogens is 1. The number of H-pyrrole nitrogens is 1. The fourth-order valence-corrected chi connectivity index (χ4v) is 2.89. The summed E-state index contributed by atoms with van der Waals surface area (Å²) in [6, 6.07) is 12.8. The van der Waals surface area contributed by atoms with Gasteiger partial charge in [0, 0.05) is 16.0 Å². The molecule has 0 bridgehead atoms. The van der Waals surface area contributed by atoms with Gasteiger partial charge in [-0.2, -0.15) is 5.10 Å². The zero-order chi connectivity index (χ0) is 16.9. The van der Waals surface area contributed by atoms with Gasteiger partial charge < -0.3 is 4.74 Å². The SMILES string of the molecule is O=C(OCCSc1ccc(F)cc1)c1n[nH]c(=O)c2ccccc12. The fraction of sp³-hybridized carbons (Fsp3) is 0.118. The fourth-order valence-electron chi connectivity index (χ4n) is 2.16. The number of hydrogen-bond donors (Lipinski definition) is 1. The standard InChI is InChI=1S/C17H13FN2O3S/c18-11-5-7-12(8-6-11)24-10-9-23-17(22)15-13-3-1-2-4-14(13)16(21)20-19-15/h1-8H,9-10H2,(H,20,21). The predicted molar refractivity (Wildman–Crippen MR) is 89.8 cm³/mol. The van der Waals surface area contributed by atoms with E-state index in [1.165, 1.54) is 23.9 Å². The van der Waals surface area contributed by atoms with E-state index in [1.54, 1.807) is 36.4 Å². The lowest BCUT2D eigenvalue weighted by Gasteiger charge is -2.06. The van der Waals surface area contributed by atoms with Crippen LogP contribution in [0.2, 0.25) is 0 Å². The number of thioether (sulfide) groups is 1. The van der Waals surface area contributed by atoms with Gasteiger partial charge >= 0.3 is 5.97 Å². The largest absolute Gasteiger partial charge is 0.460 e. The molecule has 0 saturated heterocycles. The number of ether oxygens (including phenoxy) is 1. The summed E-state index contributed by atoms with van der Waals surface area (Å²) in [6.45, 7) is 0.177. The molecule has 7 heteroatoms. The zero-order valence-corrected chi connectivity index (χ0v) is 13.3. The monoisotopic (exact) mass is 344 g/mol. The smallest absolute Gasteiger partial charge is 0.359 e. The van der Waals surface area contributed by atoms with E-state index in [2.05, 4.69) is 10.2 Å². The summed E-state index contributed by atoms with van der Waals surface area (Å²) in [5.41, 5.74) is -0.272. The van der Waals surface area contributed by atoms with E-state index in [0.29, 0.717) is 16.5 Å². The molecule has 0 unspecified atom stereocenters. The normalized spacial score (nSPS) is 10.7. The summed E-state index contributed by atoms with van der Waals surface area (Å²) in [4.78, 5) is 24.7. The van der Waals surface area contributed by atoms with Crippen LogP contribution in [0.3, 0.4) is 0 Å². The van der Waals surface area contributed by atoms with E-state index in [1.807, 2.05) is 0 Å². The molecule has 3 rings (SSSR count). The Balaban J connectivity index is 1.62. The van der Waals surface area contributed by atoms with Crippen molar-refractivity contribution in [1.29, 1.82) is 0 Å². The number of esters is 1. The summed E-state index contributed by atoms with van der Waals surface area (Å²) < 4.78 is 18.0. The molecule has 0 aliphatic heterocycles. The first-order chi connectivity index (χ1) is 11.6. The average Bonchev–Trinajstić information content (AvgIpc) is 2.60. The van der Waals surface area contributed by atoms with Crippen LogP contribution in [0, 0.1) is 5.82 Å². The molecule has 0 fully saturated rings. The quantitative estimate of drug-likeness (QED) is 0.438. The zero-order valence-electron chi connectivity index (χ0n) is 12.5. The summed E-state index contributed by atoms with van der Waals surface area (Å²) in [7, 11) is 0. The molecule has 0 spiro atoms. The minimum absolute atomic E-state index is 0.0805. The minimum atomic E-state index is -0.595. The number of aromatic amines is 1. The third-order valence-corrected chi connectivity index (χ3v) is 4.26. The van der Waals surface area contributed by atoms with Crippen molar-refractivity contribution in [2.24, 2.45) is 0 Å². The van der Waals surface area contributed by atoms with Crippen molar-refractivity contribution in [2.75, 3.05) is 12.4 Å². The Bertz CT molecular complexity index is 925. The van der Waals surface area contributed by atoms with Crippen LogP contribution in [0.15, 0.2) is 58.2 Å². The van der Waals surface area contributed by atoms with Crippen molar-refractivity contribution in [3.63, 3.8) is 0 Å². The highest BCUT2D eigenvalue weighted by atomic mass is 32.2. The molecule has 0 amide bonds. The van der Waals surface area contributed by atoms with Gasteiger partial charge in [0.2, 0.25) is 0 Å². The lowest BCUT2D eigenvalue weighted by molar-refractivity contribution is 0.0524. The van der Waals surface area contributed by atoms with Gasteiger partial charge in [0.25, 0.3) is 5.56 Å².